The summed E-state index contributed by atoms with van der Waals surface area (Å²) < 4.78 is 18.2. The number of ether oxygens (including phenoxy) is 1. The van der Waals surface area contributed by atoms with Crippen LogP contribution in [-0.4, -0.2) is 25.2 Å². The molecule has 0 saturated carbocycles. The van der Waals surface area contributed by atoms with Crippen LogP contribution in [0.5, 0.6) is 0 Å². The van der Waals surface area contributed by atoms with Gasteiger partial charge in [0.05, 0.1) is 23.7 Å². The Balaban J connectivity index is 1.98. The van der Waals surface area contributed by atoms with E-state index in [1.807, 2.05) is 0 Å². The molecule has 0 spiro atoms. The molecule has 0 aliphatic carbocycles. The molecule has 1 saturated heterocycles. The van der Waals surface area contributed by atoms with Gasteiger partial charge in [-0.05, 0) is 24.6 Å². The number of nitrogens with one attached hydrogen (secondary N) is 1. The van der Waals surface area contributed by atoms with Gasteiger partial charge in [0.1, 0.15) is 5.82 Å². The van der Waals surface area contributed by atoms with Gasteiger partial charge in [-0.3, -0.25) is 4.79 Å². The molecular weight excluding hydrogens is 271 g/mol. The van der Waals surface area contributed by atoms with Crippen LogP contribution in [-0.2, 0) is 16.1 Å². The van der Waals surface area contributed by atoms with Crippen molar-refractivity contribution in [2.75, 3.05) is 13.2 Å². The Hall–Kier alpha value is -1.17. The van der Waals surface area contributed by atoms with E-state index >= 15 is 0 Å². The van der Waals surface area contributed by atoms with Crippen LogP contribution in [0.2, 0.25) is 5.02 Å². The third-order valence-electron chi connectivity index (χ3n) is 3.47. The first-order chi connectivity index (χ1) is 8.93. The Bertz CT molecular complexity index is 498. The summed E-state index contributed by atoms with van der Waals surface area (Å²) in [5.41, 5.74) is 5.88. The molecule has 2 rings (SSSR count). The highest BCUT2D eigenvalue weighted by Crippen LogP contribution is 2.27. The molecule has 1 fully saturated rings. The van der Waals surface area contributed by atoms with E-state index in [0.29, 0.717) is 13.2 Å². The lowest BCUT2D eigenvalue weighted by atomic mass is 9.85. The molecule has 1 aromatic carbocycles. The molecule has 19 heavy (non-hydrogen) atoms. The fourth-order valence-corrected chi connectivity index (χ4v) is 2.16. The van der Waals surface area contributed by atoms with Crippen molar-refractivity contribution in [3.63, 3.8) is 0 Å². The molecule has 1 aliphatic rings. The second-order valence-electron chi connectivity index (χ2n) is 4.97. The average Bonchev–Trinajstić information content (AvgIpc) is 2.72. The molecule has 1 aromatic rings. The van der Waals surface area contributed by atoms with Crippen LogP contribution >= 0.6 is 11.6 Å². The summed E-state index contributed by atoms with van der Waals surface area (Å²) in [5, 5.41) is 2.82. The lowest BCUT2D eigenvalue weighted by molar-refractivity contribution is -0.130. The number of rotatable bonds is 3. The topological polar surface area (TPSA) is 64.3 Å². The Kier molecular flexibility index (Phi) is 4.08. The van der Waals surface area contributed by atoms with Crippen LogP contribution in [0.1, 0.15) is 12.5 Å². The van der Waals surface area contributed by atoms with Crippen molar-refractivity contribution < 1.29 is 13.9 Å². The van der Waals surface area contributed by atoms with Gasteiger partial charge in [0.15, 0.2) is 0 Å². The molecule has 0 radical (unpaired) electrons. The van der Waals surface area contributed by atoms with Crippen LogP contribution in [0, 0.1) is 11.2 Å². The number of amides is 1. The minimum absolute atomic E-state index is 0.0406. The number of carbonyl (C=O) groups is 1. The maximum atomic E-state index is 13.0. The molecular formula is C13H16ClFN2O2. The van der Waals surface area contributed by atoms with Gasteiger partial charge in [0.25, 0.3) is 0 Å². The summed E-state index contributed by atoms with van der Waals surface area (Å²) in [5.74, 6) is -0.645. The number of halogens is 2. The molecule has 3 N–H and O–H groups in total. The summed E-state index contributed by atoms with van der Waals surface area (Å²) >= 11 is 5.68. The highest BCUT2D eigenvalue weighted by atomic mass is 35.5. The fraction of sp³-hybridized carbons (Fsp3) is 0.462. The van der Waals surface area contributed by atoms with Crippen LogP contribution in [0.15, 0.2) is 18.2 Å². The zero-order valence-corrected chi connectivity index (χ0v) is 11.3. The number of hydrogen-bond donors (Lipinski definition) is 2. The number of carbonyl (C=O) groups excluding carboxylic acids is 1. The van der Waals surface area contributed by atoms with E-state index in [-0.39, 0.29) is 23.5 Å². The predicted octanol–water partition coefficient (Wildman–Crippen LogP) is 1.46. The van der Waals surface area contributed by atoms with E-state index in [2.05, 4.69) is 5.32 Å². The van der Waals surface area contributed by atoms with Crippen molar-refractivity contribution in [3.8, 4) is 0 Å². The summed E-state index contributed by atoms with van der Waals surface area (Å²) in [4.78, 5) is 12.1. The third kappa shape index (κ3) is 2.88. The fourth-order valence-electron chi connectivity index (χ4n) is 1.96. The molecule has 2 unspecified atom stereocenters. The van der Waals surface area contributed by atoms with Crippen molar-refractivity contribution in [2.24, 2.45) is 11.1 Å². The van der Waals surface area contributed by atoms with E-state index in [4.69, 9.17) is 22.1 Å². The molecule has 2 atom stereocenters. The van der Waals surface area contributed by atoms with Gasteiger partial charge in [-0.1, -0.05) is 17.7 Å². The lowest BCUT2D eigenvalue weighted by Gasteiger charge is -2.25. The first kappa shape index (κ1) is 14.2. The number of nitrogens with two attached hydrogens (primary N) is 1. The van der Waals surface area contributed by atoms with Crippen molar-refractivity contribution in [1.29, 1.82) is 0 Å². The van der Waals surface area contributed by atoms with Gasteiger partial charge in [0, 0.05) is 12.6 Å². The van der Waals surface area contributed by atoms with E-state index in [9.17, 15) is 9.18 Å². The molecule has 0 bridgehead atoms. The van der Waals surface area contributed by atoms with Crippen molar-refractivity contribution in [2.45, 2.75) is 19.5 Å². The van der Waals surface area contributed by atoms with Crippen molar-refractivity contribution in [3.05, 3.63) is 34.6 Å². The number of benzene rings is 1. The second kappa shape index (κ2) is 5.45. The summed E-state index contributed by atoms with van der Waals surface area (Å²) in [6.45, 7) is 2.75. The first-order valence-corrected chi connectivity index (χ1v) is 6.37. The van der Waals surface area contributed by atoms with Gasteiger partial charge < -0.3 is 15.8 Å². The van der Waals surface area contributed by atoms with Gasteiger partial charge in [0.2, 0.25) is 5.91 Å². The Morgan fingerprint density at radius 1 is 1.68 bits per heavy atom. The monoisotopic (exact) mass is 286 g/mol. The lowest BCUT2D eigenvalue weighted by Crippen LogP contribution is -2.49. The smallest absolute Gasteiger partial charge is 0.230 e. The van der Waals surface area contributed by atoms with E-state index in [1.165, 1.54) is 12.1 Å². The SMILES string of the molecule is CC1(C(=O)NCc2ccc(F)c(Cl)c2)COCC1N. The third-order valence-corrected chi connectivity index (χ3v) is 3.76. The molecule has 6 heteroatoms. The number of hydrogen-bond acceptors (Lipinski definition) is 3. The Morgan fingerprint density at radius 2 is 2.42 bits per heavy atom. The molecule has 1 aliphatic heterocycles. The Labute approximate surface area is 116 Å². The van der Waals surface area contributed by atoms with Gasteiger partial charge >= 0.3 is 0 Å². The van der Waals surface area contributed by atoms with Gasteiger partial charge in [-0.15, -0.1) is 0 Å². The van der Waals surface area contributed by atoms with E-state index in [1.54, 1.807) is 13.0 Å². The molecule has 4 nitrogen and oxygen atoms in total. The van der Waals surface area contributed by atoms with E-state index < -0.39 is 11.2 Å². The van der Waals surface area contributed by atoms with Crippen LogP contribution < -0.4 is 11.1 Å². The summed E-state index contributed by atoms with van der Waals surface area (Å²) in [7, 11) is 0. The van der Waals surface area contributed by atoms with Crippen LogP contribution in [0.25, 0.3) is 0 Å². The second-order valence-corrected chi connectivity index (χ2v) is 5.38. The maximum absolute atomic E-state index is 13.0. The van der Waals surface area contributed by atoms with Gasteiger partial charge in [-0.25, -0.2) is 4.39 Å². The standard InChI is InChI=1S/C13H16ClFN2O2/c1-13(7-19-6-11(13)16)12(18)17-5-8-2-3-10(15)9(14)4-8/h2-4,11H,5-7,16H2,1H3,(H,17,18). The average molecular weight is 287 g/mol. The quantitative estimate of drug-likeness (QED) is 0.884. The predicted molar refractivity (Wildman–Crippen MR) is 70.2 cm³/mol. The minimum Gasteiger partial charge on any atom is -0.379 e. The van der Waals surface area contributed by atoms with Crippen molar-refractivity contribution in [1.82, 2.24) is 5.32 Å². The first-order valence-electron chi connectivity index (χ1n) is 5.99. The normalized spacial score (nSPS) is 26.4. The summed E-state index contributed by atoms with van der Waals surface area (Å²) in [6, 6.07) is 4.03. The molecule has 1 heterocycles. The van der Waals surface area contributed by atoms with Gasteiger partial charge in [-0.2, -0.15) is 0 Å². The largest absolute Gasteiger partial charge is 0.379 e. The molecule has 1 amide bonds. The highest BCUT2D eigenvalue weighted by Gasteiger charge is 2.44. The molecule has 104 valence electrons. The zero-order chi connectivity index (χ0) is 14.0. The zero-order valence-electron chi connectivity index (χ0n) is 10.6. The molecule has 0 aromatic heterocycles. The van der Waals surface area contributed by atoms with Crippen LogP contribution in [0.3, 0.4) is 0 Å². The minimum atomic E-state index is -0.718. The maximum Gasteiger partial charge on any atom is 0.230 e. The highest BCUT2D eigenvalue weighted by molar-refractivity contribution is 6.30. The van der Waals surface area contributed by atoms with Crippen LogP contribution in [0.4, 0.5) is 4.39 Å². The summed E-state index contributed by atoms with van der Waals surface area (Å²) in [6.07, 6.45) is 0. The van der Waals surface area contributed by atoms with Crippen molar-refractivity contribution >= 4 is 17.5 Å². The Morgan fingerprint density at radius 3 is 3.00 bits per heavy atom. The van der Waals surface area contributed by atoms with E-state index in [0.717, 1.165) is 5.56 Å².